The molecule has 0 unspecified atom stereocenters. The predicted octanol–water partition coefficient (Wildman–Crippen LogP) is 3.32. The topological polar surface area (TPSA) is 176 Å². The van der Waals surface area contributed by atoms with Crippen molar-refractivity contribution in [3.05, 3.63) is 24.3 Å². The van der Waals surface area contributed by atoms with E-state index in [1.807, 2.05) is 0 Å². The van der Waals surface area contributed by atoms with Crippen molar-refractivity contribution in [3.63, 3.8) is 0 Å². The number of thiazole rings is 1. The minimum absolute atomic E-state index is 0.0391. The third-order valence-electron chi connectivity index (χ3n) is 3.43. The molecule has 0 saturated heterocycles. The van der Waals surface area contributed by atoms with Gasteiger partial charge in [0, 0.05) is 13.0 Å². The molecule has 0 aliphatic carbocycles. The fourth-order valence-corrected chi connectivity index (χ4v) is 3.61. The minimum Gasteiger partial charge on any atom is -0.504 e. The number of nitrogens with one attached hydrogen (secondary N) is 1. The first-order valence-corrected chi connectivity index (χ1v) is 10.3. The van der Waals surface area contributed by atoms with Crippen molar-refractivity contribution < 1.29 is 27.6 Å². The maximum Gasteiger partial charge on any atom is 0.294 e. The number of amides is 1. The fourth-order valence-electron chi connectivity index (χ4n) is 2.21. The molecule has 1 amide bonds. The highest BCUT2D eigenvalue weighted by molar-refractivity contribution is 7.85. The van der Waals surface area contributed by atoms with Crippen LogP contribution in [0, 0.1) is 0 Å². The van der Waals surface area contributed by atoms with E-state index in [0.29, 0.717) is 10.2 Å². The van der Waals surface area contributed by atoms with Gasteiger partial charge in [-0.3, -0.25) is 9.35 Å². The molecule has 0 aliphatic heterocycles. The molecule has 30 heavy (non-hydrogen) atoms. The van der Waals surface area contributed by atoms with Crippen LogP contribution in [-0.2, 0) is 19.6 Å². The van der Waals surface area contributed by atoms with E-state index in [0.717, 1.165) is 17.7 Å². The van der Waals surface area contributed by atoms with Crippen molar-refractivity contribution in [3.8, 4) is 5.75 Å². The number of carbonyl (C=O) groups excluding carboxylic acids is 1. The van der Waals surface area contributed by atoms with Crippen LogP contribution >= 0.6 is 11.3 Å². The van der Waals surface area contributed by atoms with E-state index in [2.05, 4.69) is 30.5 Å². The summed E-state index contributed by atoms with van der Waals surface area (Å²) in [5.41, 5.74) is 0.568. The summed E-state index contributed by atoms with van der Waals surface area (Å²) in [6.07, 6.45) is 1.10. The molecule has 0 saturated carbocycles. The fraction of sp³-hybridized carbons (Fsp3) is 0.125. The zero-order valence-corrected chi connectivity index (χ0v) is 17.1. The normalized spacial score (nSPS) is 12.1. The number of aromatic hydroxyl groups is 1. The quantitative estimate of drug-likeness (QED) is 0.222. The molecule has 0 atom stereocenters. The van der Waals surface area contributed by atoms with Gasteiger partial charge in [0.1, 0.15) is 5.69 Å². The molecule has 1 aromatic carbocycles. The zero-order valence-electron chi connectivity index (χ0n) is 15.5. The second kappa shape index (κ2) is 8.48. The lowest BCUT2D eigenvalue weighted by Crippen LogP contribution is -2.07. The standard InChI is InChI=1S/C16H14N6O6S2/c1-8(23)18-15-12(24)6-11(17-7-28-2)14(20-15)21-22-16-19-10-4-3-9(30(25,26)27)5-13(10)29-16/h3-7,24H,1-2H3,(H,18,20,23)(H,25,26,27). The summed E-state index contributed by atoms with van der Waals surface area (Å²) < 4.78 is 36.9. The number of azo groups is 1. The van der Waals surface area contributed by atoms with Crippen molar-refractivity contribution in [2.24, 2.45) is 15.2 Å². The van der Waals surface area contributed by atoms with Crippen LogP contribution in [0.4, 0.5) is 22.5 Å². The third-order valence-corrected chi connectivity index (χ3v) is 5.18. The second-order valence-corrected chi connectivity index (χ2v) is 8.08. The number of hydrogen-bond acceptors (Lipinski definition) is 11. The van der Waals surface area contributed by atoms with Crippen LogP contribution in [0.5, 0.6) is 5.75 Å². The van der Waals surface area contributed by atoms with Gasteiger partial charge in [-0.25, -0.2) is 15.0 Å². The van der Waals surface area contributed by atoms with Crippen LogP contribution in [0.2, 0.25) is 0 Å². The number of rotatable bonds is 6. The van der Waals surface area contributed by atoms with Crippen LogP contribution in [0.1, 0.15) is 6.92 Å². The Bertz CT molecular complexity index is 1280. The summed E-state index contributed by atoms with van der Waals surface area (Å²) in [6.45, 7) is 1.25. The smallest absolute Gasteiger partial charge is 0.294 e. The van der Waals surface area contributed by atoms with Gasteiger partial charge in [0.05, 0.1) is 22.2 Å². The molecule has 156 valence electrons. The Balaban J connectivity index is 2.01. The van der Waals surface area contributed by atoms with Crippen molar-refractivity contribution in [1.82, 2.24) is 9.97 Å². The molecular formula is C16H14N6O6S2. The average Bonchev–Trinajstić information content (AvgIpc) is 3.08. The van der Waals surface area contributed by atoms with E-state index in [9.17, 15) is 18.3 Å². The van der Waals surface area contributed by atoms with Gasteiger partial charge in [-0.15, -0.1) is 10.2 Å². The minimum atomic E-state index is -4.34. The van der Waals surface area contributed by atoms with Crippen LogP contribution < -0.4 is 5.32 Å². The van der Waals surface area contributed by atoms with Gasteiger partial charge < -0.3 is 15.2 Å². The second-order valence-electron chi connectivity index (χ2n) is 5.65. The maximum absolute atomic E-state index is 11.3. The number of hydrogen-bond donors (Lipinski definition) is 3. The Kier molecular flexibility index (Phi) is 6.00. The average molecular weight is 450 g/mol. The highest BCUT2D eigenvalue weighted by Gasteiger charge is 2.14. The Morgan fingerprint density at radius 3 is 2.70 bits per heavy atom. The van der Waals surface area contributed by atoms with Gasteiger partial charge in [0.25, 0.3) is 10.1 Å². The number of aromatic nitrogens is 2. The molecule has 3 N–H and O–H groups in total. The first kappa shape index (κ1) is 21.2. The van der Waals surface area contributed by atoms with Crippen molar-refractivity contribution in [1.29, 1.82) is 0 Å². The van der Waals surface area contributed by atoms with E-state index in [1.165, 1.54) is 38.3 Å². The van der Waals surface area contributed by atoms with Gasteiger partial charge in [0.2, 0.25) is 16.9 Å². The number of pyridine rings is 1. The van der Waals surface area contributed by atoms with Crippen LogP contribution in [0.3, 0.4) is 0 Å². The Morgan fingerprint density at radius 1 is 1.27 bits per heavy atom. The molecule has 14 heteroatoms. The van der Waals surface area contributed by atoms with E-state index < -0.39 is 16.0 Å². The monoisotopic (exact) mass is 450 g/mol. The number of carbonyl (C=O) groups is 1. The Hall–Kier alpha value is -3.49. The third kappa shape index (κ3) is 4.91. The van der Waals surface area contributed by atoms with Crippen LogP contribution in [-0.4, -0.2) is 47.5 Å². The van der Waals surface area contributed by atoms with Gasteiger partial charge >= 0.3 is 0 Å². The highest BCUT2D eigenvalue weighted by Crippen LogP contribution is 2.36. The summed E-state index contributed by atoms with van der Waals surface area (Å²) in [7, 11) is -2.96. The summed E-state index contributed by atoms with van der Waals surface area (Å²) in [5.74, 6) is -0.947. The molecule has 3 rings (SSSR count). The molecule has 12 nitrogen and oxygen atoms in total. The number of aliphatic imine (C=N–C) groups is 1. The SMILES string of the molecule is COC=Nc1cc(O)c(NC(C)=O)nc1N=Nc1nc2ccc(S(=O)(=O)O)cc2s1. The van der Waals surface area contributed by atoms with E-state index in [1.54, 1.807) is 0 Å². The van der Waals surface area contributed by atoms with Gasteiger partial charge in [-0.1, -0.05) is 11.3 Å². The number of fused-ring (bicyclic) bond motifs is 1. The molecule has 0 spiro atoms. The molecule has 0 fully saturated rings. The number of nitrogens with zero attached hydrogens (tertiary/aromatic N) is 5. The number of methoxy groups -OCH3 is 1. The van der Waals surface area contributed by atoms with Crippen molar-refractivity contribution in [2.75, 3.05) is 12.4 Å². The molecule has 0 bridgehead atoms. The van der Waals surface area contributed by atoms with E-state index in [4.69, 9.17) is 9.29 Å². The summed E-state index contributed by atoms with van der Waals surface area (Å²) >= 11 is 1.03. The van der Waals surface area contributed by atoms with Gasteiger partial charge in [-0.2, -0.15) is 8.42 Å². The predicted molar refractivity (Wildman–Crippen MR) is 109 cm³/mol. The number of anilines is 1. The lowest BCUT2D eigenvalue weighted by atomic mass is 10.3. The highest BCUT2D eigenvalue weighted by atomic mass is 32.2. The van der Waals surface area contributed by atoms with Gasteiger partial charge in [-0.05, 0) is 18.2 Å². The first-order valence-electron chi connectivity index (χ1n) is 8.04. The lowest BCUT2D eigenvalue weighted by molar-refractivity contribution is -0.114. The van der Waals surface area contributed by atoms with Crippen LogP contribution in [0.25, 0.3) is 10.2 Å². The first-order chi connectivity index (χ1) is 14.2. The van der Waals surface area contributed by atoms with Gasteiger partial charge in [0.15, 0.2) is 18.0 Å². The maximum atomic E-state index is 11.3. The zero-order chi connectivity index (χ0) is 21.9. The Labute approximate surface area is 173 Å². The lowest BCUT2D eigenvalue weighted by Gasteiger charge is -2.06. The molecule has 0 aliphatic rings. The number of ether oxygens (including phenoxy) is 1. The summed E-state index contributed by atoms with van der Waals surface area (Å²) in [6, 6.07) is 5.13. The summed E-state index contributed by atoms with van der Waals surface area (Å²) in [4.78, 5) is 23.2. The van der Waals surface area contributed by atoms with E-state index in [-0.39, 0.29) is 33.1 Å². The van der Waals surface area contributed by atoms with E-state index >= 15 is 0 Å². The summed E-state index contributed by atoms with van der Waals surface area (Å²) in [5, 5.41) is 20.5. The molecule has 3 aromatic rings. The Morgan fingerprint density at radius 2 is 2.03 bits per heavy atom. The molecular weight excluding hydrogens is 436 g/mol. The molecule has 0 radical (unpaired) electrons. The molecule has 2 heterocycles. The van der Waals surface area contributed by atoms with Crippen LogP contribution in [0.15, 0.2) is 44.4 Å². The number of benzene rings is 1. The molecule has 2 aromatic heterocycles. The largest absolute Gasteiger partial charge is 0.504 e. The van der Waals surface area contributed by atoms with Crippen molar-refractivity contribution in [2.45, 2.75) is 11.8 Å². The van der Waals surface area contributed by atoms with Crippen molar-refractivity contribution >= 4 is 66.4 Å².